The van der Waals surface area contributed by atoms with Crippen LogP contribution < -0.4 is 9.47 Å². The number of esters is 1. The molecule has 29 heavy (non-hydrogen) atoms. The first-order valence-corrected chi connectivity index (χ1v) is 10.6. The zero-order valence-corrected chi connectivity index (χ0v) is 16.9. The average molecular weight is 413 g/mol. The molecule has 3 aromatic carbocycles. The van der Waals surface area contributed by atoms with E-state index in [-0.39, 0.29) is 22.6 Å². The molecule has 152 valence electrons. The second kappa shape index (κ2) is 8.63. The van der Waals surface area contributed by atoms with Crippen molar-refractivity contribution in [2.75, 3.05) is 6.61 Å². The van der Waals surface area contributed by atoms with Crippen molar-refractivity contribution in [3.05, 3.63) is 66.2 Å². The Hall–Kier alpha value is -2.90. The summed E-state index contributed by atoms with van der Waals surface area (Å²) in [5.74, 6) is 0.474. The van der Waals surface area contributed by atoms with Crippen LogP contribution in [0.25, 0.3) is 10.8 Å². The molecule has 0 aliphatic rings. The van der Waals surface area contributed by atoms with Gasteiger partial charge in [0.25, 0.3) is 0 Å². The van der Waals surface area contributed by atoms with Crippen molar-refractivity contribution in [3.8, 4) is 11.5 Å². The first kappa shape index (κ1) is 20.8. The summed E-state index contributed by atoms with van der Waals surface area (Å²) in [5.41, 5.74) is 1.12. The molecule has 1 unspecified atom stereocenters. The molecule has 0 bridgehead atoms. The summed E-state index contributed by atoms with van der Waals surface area (Å²) in [6.45, 7) is 3.91. The van der Waals surface area contributed by atoms with Gasteiger partial charge < -0.3 is 14.0 Å². The molecule has 0 N–H and O–H groups in total. The molecule has 0 heterocycles. The van der Waals surface area contributed by atoms with Crippen LogP contribution >= 0.6 is 0 Å². The number of carbonyl (C=O) groups excluding carboxylic acids is 1. The van der Waals surface area contributed by atoms with E-state index in [2.05, 4.69) is 13.8 Å². The smallest absolute Gasteiger partial charge is 0.349 e. The Kier molecular flexibility index (Phi) is 6.20. The molecule has 0 saturated carbocycles. The molecule has 7 heteroatoms. The molecule has 1 atom stereocenters. The van der Waals surface area contributed by atoms with Gasteiger partial charge in [0.15, 0.2) is 6.61 Å². The highest BCUT2D eigenvalue weighted by Crippen LogP contribution is 2.30. The van der Waals surface area contributed by atoms with Crippen LogP contribution in [0.2, 0.25) is 0 Å². The van der Waals surface area contributed by atoms with E-state index < -0.39 is 16.1 Å². The van der Waals surface area contributed by atoms with Crippen LogP contribution in [0.4, 0.5) is 0 Å². The predicted octanol–water partition coefficient (Wildman–Crippen LogP) is 4.24. The van der Waals surface area contributed by atoms with Crippen LogP contribution in [-0.2, 0) is 14.9 Å². The fraction of sp³-hybridized carbons (Fsp3) is 0.227. The maximum atomic E-state index is 12.3. The normalized spacial score (nSPS) is 12.5. The van der Waals surface area contributed by atoms with Gasteiger partial charge in [-0.3, -0.25) is 0 Å². The molecule has 3 rings (SSSR count). The summed E-state index contributed by atoms with van der Waals surface area (Å²) in [6, 6.07) is 16.3. The number of fused-ring (bicyclic) bond motifs is 1. The standard InChI is InChI=1S/C22H22O6S/c1-3-15(2)16-7-4-8-17(13-16)27-14-22(23)28-20-11-5-10-19-18(20)9-6-12-21(19)29(24,25)26/h4-13,15H,3,14H2,1-2H3,(H,24,25,26)/p-1. The van der Waals surface area contributed by atoms with Gasteiger partial charge in [-0.05, 0) is 42.2 Å². The van der Waals surface area contributed by atoms with Crippen LogP contribution in [0.15, 0.2) is 65.6 Å². The van der Waals surface area contributed by atoms with Crippen molar-refractivity contribution in [3.63, 3.8) is 0 Å². The summed E-state index contributed by atoms with van der Waals surface area (Å²) >= 11 is 0. The van der Waals surface area contributed by atoms with Gasteiger partial charge in [-0.25, -0.2) is 13.2 Å². The fourth-order valence-corrected chi connectivity index (χ4v) is 3.69. The van der Waals surface area contributed by atoms with Crippen molar-refractivity contribution < 1.29 is 27.2 Å². The van der Waals surface area contributed by atoms with E-state index in [4.69, 9.17) is 9.47 Å². The summed E-state index contributed by atoms with van der Waals surface area (Å²) in [7, 11) is -4.65. The Morgan fingerprint density at radius 2 is 1.72 bits per heavy atom. The number of rotatable bonds is 7. The SMILES string of the molecule is CCC(C)c1cccc(OCC(=O)Oc2cccc3c(S(=O)(=O)[O-])cccc23)c1. The zero-order valence-electron chi connectivity index (χ0n) is 16.1. The third-order valence-corrected chi connectivity index (χ3v) is 5.63. The summed E-state index contributed by atoms with van der Waals surface area (Å²) < 4.78 is 45.3. The molecule has 0 radical (unpaired) electrons. The van der Waals surface area contributed by atoms with Gasteiger partial charge in [-0.15, -0.1) is 0 Å². The van der Waals surface area contributed by atoms with Gasteiger partial charge >= 0.3 is 5.97 Å². The Morgan fingerprint density at radius 3 is 2.45 bits per heavy atom. The lowest BCUT2D eigenvalue weighted by Crippen LogP contribution is -2.18. The van der Waals surface area contributed by atoms with Gasteiger partial charge in [0.05, 0.1) is 4.90 Å². The molecule has 0 saturated heterocycles. The zero-order chi connectivity index (χ0) is 21.0. The maximum absolute atomic E-state index is 12.3. The fourth-order valence-electron chi connectivity index (χ4n) is 3.00. The largest absolute Gasteiger partial charge is 0.744 e. The molecule has 0 fully saturated rings. The van der Waals surface area contributed by atoms with Crippen molar-refractivity contribution in [1.29, 1.82) is 0 Å². The van der Waals surface area contributed by atoms with Gasteiger partial charge in [0, 0.05) is 10.8 Å². The van der Waals surface area contributed by atoms with Gasteiger partial charge in [-0.2, -0.15) is 0 Å². The average Bonchev–Trinajstić information content (AvgIpc) is 2.71. The number of ether oxygens (including phenoxy) is 2. The Morgan fingerprint density at radius 1 is 1.03 bits per heavy atom. The molecular formula is C22H21O6S-. The van der Waals surface area contributed by atoms with Crippen LogP contribution in [0, 0.1) is 0 Å². The highest BCUT2D eigenvalue weighted by Gasteiger charge is 2.13. The molecule has 0 aliphatic carbocycles. The molecule has 0 amide bonds. The minimum absolute atomic E-state index is 0.162. The lowest BCUT2D eigenvalue weighted by Gasteiger charge is -2.14. The number of hydrogen-bond acceptors (Lipinski definition) is 6. The van der Waals surface area contributed by atoms with Gasteiger partial charge in [0.1, 0.15) is 21.6 Å². The molecule has 3 aromatic rings. The topological polar surface area (TPSA) is 92.7 Å². The highest BCUT2D eigenvalue weighted by atomic mass is 32.2. The Balaban J connectivity index is 1.76. The Bertz CT molecular complexity index is 1140. The van der Waals surface area contributed by atoms with E-state index in [9.17, 15) is 17.8 Å². The number of hydrogen-bond donors (Lipinski definition) is 0. The van der Waals surface area contributed by atoms with E-state index in [1.165, 1.54) is 30.3 Å². The van der Waals surface area contributed by atoms with Crippen molar-refractivity contribution in [2.45, 2.75) is 31.1 Å². The summed E-state index contributed by atoms with van der Waals surface area (Å²) in [6.07, 6.45) is 0.994. The maximum Gasteiger partial charge on any atom is 0.349 e. The number of carbonyl (C=O) groups is 1. The number of benzene rings is 3. The monoisotopic (exact) mass is 413 g/mol. The summed E-state index contributed by atoms with van der Waals surface area (Å²) in [5, 5.41) is 0.562. The van der Waals surface area contributed by atoms with E-state index in [0.29, 0.717) is 17.1 Å². The lowest BCUT2D eigenvalue weighted by molar-refractivity contribution is -0.136. The minimum Gasteiger partial charge on any atom is -0.744 e. The second-order valence-corrected chi connectivity index (χ2v) is 8.05. The molecule has 6 nitrogen and oxygen atoms in total. The first-order chi connectivity index (χ1) is 13.8. The molecule has 0 aliphatic heterocycles. The van der Waals surface area contributed by atoms with E-state index in [1.54, 1.807) is 12.1 Å². The quantitative estimate of drug-likeness (QED) is 0.327. The van der Waals surface area contributed by atoms with Crippen molar-refractivity contribution >= 4 is 26.9 Å². The second-order valence-electron chi connectivity index (χ2n) is 6.71. The molecule has 0 aromatic heterocycles. The van der Waals surface area contributed by atoms with Crippen molar-refractivity contribution in [1.82, 2.24) is 0 Å². The van der Waals surface area contributed by atoms with E-state index in [1.807, 2.05) is 18.2 Å². The van der Waals surface area contributed by atoms with Gasteiger partial charge in [-0.1, -0.05) is 50.2 Å². The lowest BCUT2D eigenvalue weighted by atomic mass is 9.99. The highest BCUT2D eigenvalue weighted by molar-refractivity contribution is 7.86. The Labute approximate surface area is 169 Å². The van der Waals surface area contributed by atoms with Crippen LogP contribution in [0.5, 0.6) is 11.5 Å². The predicted molar refractivity (Wildman–Crippen MR) is 108 cm³/mol. The van der Waals surface area contributed by atoms with Crippen molar-refractivity contribution in [2.24, 2.45) is 0 Å². The first-order valence-electron chi connectivity index (χ1n) is 9.20. The van der Waals surface area contributed by atoms with E-state index >= 15 is 0 Å². The van der Waals surface area contributed by atoms with Gasteiger partial charge in [0.2, 0.25) is 0 Å². The third kappa shape index (κ3) is 4.93. The molecular weight excluding hydrogens is 392 g/mol. The minimum atomic E-state index is -4.65. The summed E-state index contributed by atoms with van der Waals surface area (Å²) in [4.78, 5) is 11.9. The third-order valence-electron chi connectivity index (χ3n) is 4.73. The van der Waals surface area contributed by atoms with E-state index in [0.717, 1.165) is 12.0 Å². The van der Waals surface area contributed by atoms with Crippen LogP contribution in [0.1, 0.15) is 31.7 Å². The van der Waals surface area contributed by atoms with Crippen LogP contribution in [-0.4, -0.2) is 25.5 Å². The molecule has 0 spiro atoms. The van der Waals surface area contributed by atoms with Crippen LogP contribution in [0.3, 0.4) is 0 Å².